The van der Waals surface area contributed by atoms with Crippen LogP contribution in [-0.2, 0) is 13.1 Å². The Kier molecular flexibility index (Phi) is 4.52. The Balaban J connectivity index is 2.66. The van der Waals surface area contributed by atoms with Gasteiger partial charge in [-0.1, -0.05) is 0 Å². The third kappa shape index (κ3) is 3.57. The van der Waals surface area contributed by atoms with E-state index in [4.69, 9.17) is 0 Å². The fraction of sp³-hybridized carbons (Fsp3) is 0.727. The Morgan fingerprint density at radius 1 is 1.50 bits per heavy atom. The van der Waals surface area contributed by atoms with Crippen molar-refractivity contribution >= 4 is 15.9 Å². The van der Waals surface area contributed by atoms with Crippen LogP contribution in [0.1, 0.15) is 32.2 Å². The Hall–Kier alpha value is -0.390. The average molecular weight is 290 g/mol. The lowest BCUT2D eigenvalue weighted by Crippen LogP contribution is -2.34. The smallest absolute Gasteiger partial charge is 0.0739 e. The van der Waals surface area contributed by atoms with Crippen molar-refractivity contribution in [2.45, 2.75) is 46.4 Å². The summed E-state index contributed by atoms with van der Waals surface area (Å²) in [6, 6.07) is 0. The molecule has 0 aliphatic carbocycles. The zero-order valence-corrected chi connectivity index (χ0v) is 11.9. The SMILES string of the molecule is CCn1nc(C)c(Br)c1CNCC(C)(C)O. The zero-order valence-electron chi connectivity index (χ0n) is 10.3. The van der Waals surface area contributed by atoms with Crippen LogP contribution >= 0.6 is 15.9 Å². The number of nitrogens with zero attached hydrogens (tertiary/aromatic N) is 2. The molecule has 0 saturated carbocycles. The van der Waals surface area contributed by atoms with E-state index in [1.165, 1.54) is 0 Å². The van der Waals surface area contributed by atoms with Crippen LogP contribution in [0.4, 0.5) is 0 Å². The minimum atomic E-state index is -0.682. The van der Waals surface area contributed by atoms with Crippen molar-refractivity contribution in [1.29, 1.82) is 0 Å². The van der Waals surface area contributed by atoms with Gasteiger partial charge in [0.1, 0.15) is 0 Å². The van der Waals surface area contributed by atoms with E-state index in [9.17, 15) is 5.11 Å². The maximum atomic E-state index is 9.60. The molecule has 2 N–H and O–H groups in total. The van der Waals surface area contributed by atoms with E-state index in [-0.39, 0.29) is 0 Å². The number of rotatable bonds is 5. The Morgan fingerprint density at radius 2 is 2.12 bits per heavy atom. The highest BCUT2D eigenvalue weighted by molar-refractivity contribution is 9.10. The van der Waals surface area contributed by atoms with Crippen LogP contribution in [0.3, 0.4) is 0 Å². The summed E-state index contributed by atoms with van der Waals surface area (Å²) in [7, 11) is 0. The predicted molar refractivity (Wildman–Crippen MR) is 68.3 cm³/mol. The van der Waals surface area contributed by atoms with E-state index >= 15 is 0 Å². The van der Waals surface area contributed by atoms with E-state index < -0.39 is 5.60 Å². The van der Waals surface area contributed by atoms with Crippen molar-refractivity contribution in [2.75, 3.05) is 6.54 Å². The molecular formula is C11H20BrN3O. The number of aromatic nitrogens is 2. The van der Waals surface area contributed by atoms with Crippen LogP contribution in [0.5, 0.6) is 0 Å². The van der Waals surface area contributed by atoms with Gasteiger partial charge in [-0.05, 0) is 43.6 Å². The molecule has 0 unspecified atom stereocenters. The zero-order chi connectivity index (χ0) is 12.3. The summed E-state index contributed by atoms with van der Waals surface area (Å²) in [6.07, 6.45) is 0. The molecule has 0 aliphatic rings. The van der Waals surface area contributed by atoms with Gasteiger partial charge in [0.2, 0.25) is 0 Å². The summed E-state index contributed by atoms with van der Waals surface area (Å²) in [4.78, 5) is 0. The standard InChI is InChI=1S/C11H20BrN3O/c1-5-15-9(10(12)8(2)14-15)6-13-7-11(3,4)16/h13,16H,5-7H2,1-4H3. The van der Waals surface area contributed by atoms with E-state index in [0.29, 0.717) is 13.1 Å². The first-order chi connectivity index (χ1) is 7.35. The van der Waals surface area contributed by atoms with Gasteiger partial charge < -0.3 is 10.4 Å². The molecule has 92 valence electrons. The summed E-state index contributed by atoms with van der Waals surface area (Å²) in [5.41, 5.74) is 1.45. The molecule has 16 heavy (non-hydrogen) atoms. The van der Waals surface area contributed by atoms with Gasteiger partial charge in [-0.15, -0.1) is 0 Å². The Morgan fingerprint density at radius 3 is 2.62 bits per heavy atom. The third-order valence-electron chi connectivity index (χ3n) is 2.30. The molecule has 0 saturated heterocycles. The maximum Gasteiger partial charge on any atom is 0.0739 e. The molecule has 0 aromatic carbocycles. The summed E-state index contributed by atoms with van der Waals surface area (Å²) in [5, 5.41) is 17.2. The Bertz CT molecular complexity index is 355. The van der Waals surface area contributed by atoms with Crippen molar-refractivity contribution in [3.63, 3.8) is 0 Å². The highest BCUT2D eigenvalue weighted by atomic mass is 79.9. The van der Waals surface area contributed by atoms with Crippen molar-refractivity contribution in [3.05, 3.63) is 15.9 Å². The average Bonchev–Trinajstić information content (AvgIpc) is 2.43. The molecule has 5 heteroatoms. The number of halogens is 1. The number of nitrogens with one attached hydrogen (secondary N) is 1. The summed E-state index contributed by atoms with van der Waals surface area (Å²) in [5.74, 6) is 0. The highest BCUT2D eigenvalue weighted by Crippen LogP contribution is 2.20. The lowest BCUT2D eigenvalue weighted by atomic mass is 10.1. The molecule has 0 bridgehead atoms. The molecule has 0 fully saturated rings. The second-order valence-corrected chi connectivity index (χ2v) is 5.37. The molecule has 0 atom stereocenters. The molecule has 1 aromatic heterocycles. The fourth-order valence-electron chi connectivity index (χ4n) is 1.52. The van der Waals surface area contributed by atoms with Crippen LogP contribution in [0.15, 0.2) is 4.47 Å². The van der Waals surface area contributed by atoms with E-state index in [1.54, 1.807) is 13.8 Å². The number of aliphatic hydroxyl groups is 1. The predicted octanol–water partition coefficient (Wildman–Crippen LogP) is 1.83. The topological polar surface area (TPSA) is 50.1 Å². The molecule has 4 nitrogen and oxygen atoms in total. The van der Waals surface area contributed by atoms with Gasteiger partial charge in [0.05, 0.1) is 21.5 Å². The molecule has 0 spiro atoms. The van der Waals surface area contributed by atoms with E-state index in [1.807, 2.05) is 11.6 Å². The van der Waals surface area contributed by atoms with Crippen LogP contribution in [-0.4, -0.2) is 27.0 Å². The Labute approximate surface area is 105 Å². The molecule has 1 aromatic rings. The van der Waals surface area contributed by atoms with Gasteiger partial charge >= 0.3 is 0 Å². The van der Waals surface area contributed by atoms with E-state index in [2.05, 4.69) is 33.3 Å². The van der Waals surface area contributed by atoms with Gasteiger partial charge in [-0.25, -0.2) is 0 Å². The molecule has 0 amide bonds. The summed E-state index contributed by atoms with van der Waals surface area (Å²) in [6.45, 7) is 9.75. The van der Waals surface area contributed by atoms with Crippen LogP contribution < -0.4 is 5.32 Å². The summed E-state index contributed by atoms with van der Waals surface area (Å²) >= 11 is 3.54. The first-order valence-corrected chi connectivity index (χ1v) is 6.29. The first kappa shape index (κ1) is 13.7. The van der Waals surface area contributed by atoms with Gasteiger partial charge in [0.15, 0.2) is 0 Å². The maximum absolute atomic E-state index is 9.60. The minimum absolute atomic E-state index is 0.563. The number of hydrogen-bond donors (Lipinski definition) is 2. The first-order valence-electron chi connectivity index (χ1n) is 5.50. The van der Waals surface area contributed by atoms with Gasteiger partial charge in [-0.2, -0.15) is 5.10 Å². The second kappa shape index (κ2) is 5.29. The van der Waals surface area contributed by atoms with Crippen LogP contribution in [0, 0.1) is 6.92 Å². The molecular weight excluding hydrogens is 270 g/mol. The van der Waals surface area contributed by atoms with Crippen LogP contribution in [0.2, 0.25) is 0 Å². The quantitative estimate of drug-likeness (QED) is 0.870. The lowest BCUT2D eigenvalue weighted by molar-refractivity contribution is 0.0793. The van der Waals surface area contributed by atoms with Gasteiger partial charge in [0.25, 0.3) is 0 Å². The fourth-order valence-corrected chi connectivity index (χ4v) is 1.95. The highest BCUT2D eigenvalue weighted by Gasteiger charge is 2.14. The molecule has 0 radical (unpaired) electrons. The third-order valence-corrected chi connectivity index (χ3v) is 3.33. The monoisotopic (exact) mass is 289 g/mol. The van der Waals surface area contributed by atoms with Gasteiger partial charge in [0, 0.05) is 19.6 Å². The molecule has 1 heterocycles. The van der Waals surface area contributed by atoms with Gasteiger partial charge in [-0.3, -0.25) is 4.68 Å². The molecule has 1 rings (SSSR count). The van der Waals surface area contributed by atoms with Crippen molar-refractivity contribution < 1.29 is 5.11 Å². The normalized spacial score (nSPS) is 12.1. The van der Waals surface area contributed by atoms with Crippen molar-refractivity contribution in [1.82, 2.24) is 15.1 Å². The lowest BCUT2D eigenvalue weighted by Gasteiger charge is -2.18. The van der Waals surface area contributed by atoms with Crippen molar-refractivity contribution in [3.8, 4) is 0 Å². The second-order valence-electron chi connectivity index (χ2n) is 4.58. The minimum Gasteiger partial charge on any atom is -0.389 e. The number of hydrogen-bond acceptors (Lipinski definition) is 3. The van der Waals surface area contributed by atoms with Crippen molar-refractivity contribution in [2.24, 2.45) is 0 Å². The number of aryl methyl sites for hydroxylation is 2. The largest absolute Gasteiger partial charge is 0.389 e. The molecule has 0 aliphatic heterocycles. The summed E-state index contributed by atoms with van der Waals surface area (Å²) < 4.78 is 3.02. The van der Waals surface area contributed by atoms with E-state index in [0.717, 1.165) is 22.4 Å². The van der Waals surface area contributed by atoms with Crippen LogP contribution in [0.25, 0.3) is 0 Å².